The molecular weight excluding hydrogens is 392 g/mol. The van der Waals surface area contributed by atoms with Crippen molar-refractivity contribution in [3.63, 3.8) is 0 Å². The minimum absolute atomic E-state index is 0.346. The van der Waals surface area contributed by atoms with Crippen LogP contribution < -0.4 is 15.4 Å². The van der Waals surface area contributed by atoms with Gasteiger partial charge < -0.3 is 14.4 Å². The number of pyridine rings is 1. The molecule has 2 aromatic carbocycles. The molecule has 0 amide bonds. The molecule has 2 heterocycles. The third-order valence-corrected chi connectivity index (χ3v) is 5.63. The highest BCUT2D eigenvalue weighted by Crippen LogP contribution is 2.34. The summed E-state index contributed by atoms with van der Waals surface area (Å²) in [4.78, 5) is 28.4. The maximum absolute atomic E-state index is 12.9. The first-order valence-electron chi connectivity index (χ1n) is 9.56. The van der Waals surface area contributed by atoms with Crippen molar-refractivity contribution < 1.29 is 4.92 Å². The zero-order valence-corrected chi connectivity index (χ0v) is 16.8. The molecule has 0 atom stereocenters. The molecular formula is C21H21ClN4O3. The van der Waals surface area contributed by atoms with E-state index in [4.69, 9.17) is 11.6 Å². The highest BCUT2D eigenvalue weighted by atomic mass is 35.5. The van der Waals surface area contributed by atoms with Gasteiger partial charge in [-0.2, -0.15) is 0 Å². The zero-order chi connectivity index (χ0) is 20.5. The van der Waals surface area contributed by atoms with E-state index >= 15 is 0 Å². The van der Waals surface area contributed by atoms with E-state index in [2.05, 4.69) is 4.90 Å². The summed E-state index contributed by atoms with van der Waals surface area (Å²) in [6.45, 7) is 4.72. The van der Waals surface area contributed by atoms with Crippen molar-refractivity contribution in [2.75, 3.05) is 36.0 Å². The van der Waals surface area contributed by atoms with Crippen LogP contribution >= 0.6 is 11.6 Å². The van der Waals surface area contributed by atoms with Crippen molar-refractivity contribution in [3.8, 4) is 0 Å². The molecule has 3 aromatic rings. The van der Waals surface area contributed by atoms with E-state index in [1.807, 2.05) is 60.4 Å². The lowest BCUT2D eigenvalue weighted by atomic mass is 10.1. The van der Waals surface area contributed by atoms with Gasteiger partial charge in [-0.15, -0.1) is 0 Å². The Bertz CT molecular complexity index is 1140. The number of para-hydroxylation sites is 1. The first kappa shape index (κ1) is 19.3. The Kier molecular flexibility index (Phi) is 5.15. The number of benzene rings is 2. The van der Waals surface area contributed by atoms with Crippen LogP contribution in [0.5, 0.6) is 0 Å². The number of piperazine rings is 1. The third-order valence-electron chi connectivity index (χ3n) is 5.39. The van der Waals surface area contributed by atoms with E-state index in [1.165, 1.54) is 4.57 Å². The summed E-state index contributed by atoms with van der Waals surface area (Å²) in [6, 6.07) is 15.1. The normalized spacial score (nSPS) is 14.4. The van der Waals surface area contributed by atoms with Gasteiger partial charge >= 0.3 is 11.2 Å². The van der Waals surface area contributed by atoms with Crippen LogP contribution in [0.4, 0.5) is 17.1 Å². The second-order valence-corrected chi connectivity index (χ2v) is 7.41. The summed E-state index contributed by atoms with van der Waals surface area (Å²) in [6.07, 6.45) is 0. The predicted octanol–water partition coefficient (Wildman–Crippen LogP) is 3.91. The molecule has 0 unspecified atom stereocenters. The lowest BCUT2D eigenvalue weighted by Crippen LogP contribution is -2.47. The summed E-state index contributed by atoms with van der Waals surface area (Å²) in [5.41, 5.74) is 1.27. The van der Waals surface area contributed by atoms with Crippen molar-refractivity contribution in [1.82, 2.24) is 4.57 Å². The molecule has 0 aliphatic carbocycles. The Labute approximate surface area is 172 Å². The summed E-state index contributed by atoms with van der Waals surface area (Å²) < 4.78 is 1.47. The van der Waals surface area contributed by atoms with E-state index in [0.717, 1.165) is 16.6 Å². The summed E-state index contributed by atoms with van der Waals surface area (Å²) in [7, 11) is 0. The van der Waals surface area contributed by atoms with Crippen LogP contribution in [0, 0.1) is 10.1 Å². The molecule has 0 radical (unpaired) electrons. The second kappa shape index (κ2) is 7.75. The highest BCUT2D eigenvalue weighted by Gasteiger charge is 2.31. The van der Waals surface area contributed by atoms with Crippen molar-refractivity contribution in [2.24, 2.45) is 0 Å². The number of halogens is 1. The lowest BCUT2D eigenvalue weighted by Gasteiger charge is -2.37. The maximum Gasteiger partial charge on any atom is 0.357 e. The van der Waals surface area contributed by atoms with Crippen LogP contribution in [0.25, 0.3) is 10.9 Å². The third kappa shape index (κ3) is 3.42. The maximum atomic E-state index is 12.9. The van der Waals surface area contributed by atoms with Crippen LogP contribution in [0.2, 0.25) is 5.02 Å². The van der Waals surface area contributed by atoms with E-state index < -0.39 is 10.5 Å². The number of fused-ring (bicyclic) bond motifs is 1. The first-order chi connectivity index (χ1) is 14.0. The van der Waals surface area contributed by atoms with Gasteiger partial charge in [-0.05, 0) is 31.2 Å². The van der Waals surface area contributed by atoms with Crippen molar-refractivity contribution in [1.29, 1.82) is 0 Å². The van der Waals surface area contributed by atoms with Gasteiger partial charge in [0.15, 0.2) is 0 Å². The van der Waals surface area contributed by atoms with Crippen molar-refractivity contribution >= 4 is 39.6 Å². The molecule has 0 saturated carbocycles. The average Bonchev–Trinajstić information content (AvgIpc) is 2.73. The summed E-state index contributed by atoms with van der Waals surface area (Å²) in [5, 5.41) is 13.3. The molecule has 0 spiro atoms. The van der Waals surface area contributed by atoms with E-state index in [9.17, 15) is 14.9 Å². The second-order valence-electron chi connectivity index (χ2n) is 6.97. The standard InChI is InChI=1S/C21H21ClN4O3/c1-2-25-18-9-4-3-8-17(18)19(20(21(25)27)26(28)29)24-12-10-23(11-13-24)16-7-5-6-15(22)14-16/h3-9,14H,2,10-13H2,1H3. The van der Waals surface area contributed by atoms with Gasteiger partial charge in [0, 0.05) is 48.8 Å². The minimum Gasteiger partial charge on any atom is -0.368 e. The average molecular weight is 413 g/mol. The molecule has 0 bridgehead atoms. The SMILES string of the molecule is CCn1c(=O)c([N+](=O)[O-])c(N2CCN(c3cccc(Cl)c3)CC2)c2ccccc21. The minimum atomic E-state index is -0.552. The van der Waals surface area contributed by atoms with Gasteiger partial charge in [0.25, 0.3) is 0 Å². The van der Waals surface area contributed by atoms with Gasteiger partial charge in [-0.25, -0.2) is 0 Å². The molecule has 1 saturated heterocycles. The van der Waals surface area contributed by atoms with Gasteiger partial charge in [0.05, 0.1) is 10.4 Å². The topological polar surface area (TPSA) is 71.6 Å². The number of aryl methyl sites for hydroxylation is 1. The fourth-order valence-electron chi connectivity index (χ4n) is 4.04. The number of hydrogen-bond donors (Lipinski definition) is 0. The van der Waals surface area contributed by atoms with Gasteiger partial charge in [-0.1, -0.05) is 35.9 Å². The monoisotopic (exact) mass is 412 g/mol. The molecule has 1 aliphatic rings. The van der Waals surface area contributed by atoms with Crippen LogP contribution in [-0.2, 0) is 6.54 Å². The Hall–Kier alpha value is -3.06. The number of anilines is 2. The van der Waals surface area contributed by atoms with E-state index in [-0.39, 0.29) is 5.69 Å². The van der Waals surface area contributed by atoms with Gasteiger partial charge in [0.1, 0.15) is 5.69 Å². The van der Waals surface area contributed by atoms with Crippen molar-refractivity contribution in [2.45, 2.75) is 13.5 Å². The lowest BCUT2D eigenvalue weighted by molar-refractivity contribution is -0.385. The summed E-state index contributed by atoms with van der Waals surface area (Å²) >= 11 is 6.11. The van der Waals surface area contributed by atoms with Crippen LogP contribution in [0.3, 0.4) is 0 Å². The van der Waals surface area contributed by atoms with Crippen LogP contribution in [-0.4, -0.2) is 35.7 Å². The number of nitro groups is 1. The number of hydrogen-bond acceptors (Lipinski definition) is 5. The largest absolute Gasteiger partial charge is 0.368 e. The zero-order valence-electron chi connectivity index (χ0n) is 16.0. The van der Waals surface area contributed by atoms with Crippen LogP contribution in [0.15, 0.2) is 53.3 Å². The molecule has 0 N–H and O–H groups in total. The molecule has 8 heteroatoms. The predicted molar refractivity (Wildman–Crippen MR) is 116 cm³/mol. The molecule has 1 fully saturated rings. The smallest absolute Gasteiger partial charge is 0.357 e. The molecule has 7 nitrogen and oxygen atoms in total. The Morgan fingerprint density at radius 1 is 1.03 bits per heavy atom. The number of rotatable bonds is 4. The molecule has 1 aromatic heterocycles. The summed E-state index contributed by atoms with van der Waals surface area (Å²) in [5.74, 6) is 0. The molecule has 4 rings (SSSR count). The van der Waals surface area contributed by atoms with E-state index in [1.54, 1.807) is 0 Å². The Morgan fingerprint density at radius 2 is 1.72 bits per heavy atom. The number of aromatic nitrogens is 1. The molecule has 1 aliphatic heterocycles. The van der Waals surface area contributed by atoms with Gasteiger partial charge in [0.2, 0.25) is 0 Å². The fourth-order valence-corrected chi connectivity index (χ4v) is 4.22. The Morgan fingerprint density at radius 3 is 2.38 bits per heavy atom. The fraction of sp³-hybridized carbons (Fsp3) is 0.286. The van der Waals surface area contributed by atoms with Crippen LogP contribution in [0.1, 0.15) is 6.92 Å². The first-order valence-corrected chi connectivity index (χ1v) is 9.94. The molecule has 29 heavy (non-hydrogen) atoms. The highest BCUT2D eigenvalue weighted by molar-refractivity contribution is 6.30. The molecule has 150 valence electrons. The Balaban J connectivity index is 1.76. The van der Waals surface area contributed by atoms with E-state index in [0.29, 0.717) is 43.4 Å². The quantitative estimate of drug-likeness (QED) is 0.480. The van der Waals surface area contributed by atoms with Crippen molar-refractivity contribution in [3.05, 3.63) is 74.0 Å². The number of nitrogens with zero attached hydrogens (tertiary/aromatic N) is 4. The van der Waals surface area contributed by atoms with Gasteiger partial charge in [-0.3, -0.25) is 14.9 Å².